The highest BCUT2D eigenvalue weighted by Crippen LogP contribution is 2.38. The van der Waals surface area contributed by atoms with Gasteiger partial charge in [-0.3, -0.25) is 24.1 Å². The van der Waals surface area contributed by atoms with E-state index in [1.807, 2.05) is 19.1 Å². The molecular formula is C24H20N4O5S. The Morgan fingerprint density at radius 2 is 1.79 bits per heavy atom. The van der Waals surface area contributed by atoms with Crippen LogP contribution in [0.5, 0.6) is 5.75 Å². The number of nitrogens with one attached hydrogen (secondary N) is 1. The summed E-state index contributed by atoms with van der Waals surface area (Å²) in [6.45, 7) is 3.38. The van der Waals surface area contributed by atoms with E-state index >= 15 is 0 Å². The van der Waals surface area contributed by atoms with Gasteiger partial charge < -0.3 is 15.0 Å². The molecule has 2 aromatic carbocycles. The number of fused-ring (bicyclic) bond motifs is 2. The van der Waals surface area contributed by atoms with Crippen LogP contribution in [0.15, 0.2) is 42.5 Å². The molecule has 34 heavy (non-hydrogen) atoms. The van der Waals surface area contributed by atoms with Gasteiger partial charge in [0.1, 0.15) is 11.8 Å². The maximum atomic E-state index is 12.9. The molecule has 1 aromatic heterocycles. The molecule has 3 aromatic rings. The summed E-state index contributed by atoms with van der Waals surface area (Å²) in [5.74, 6) is -1.03. The molecule has 0 saturated heterocycles. The van der Waals surface area contributed by atoms with Crippen LogP contribution in [-0.4, -0.2) is 53.2 Å². The fourth-order valence-corrected chi connectivity index (χ4v) is 4.86. The lowest BCUT2D eigenvalue weighted by molar-refractivity contribution is -0.121. The van der Waals surface area contributed by atoms with Crippen LogP contribution in [0.25, 0.3) is 11.3 Å². The fraction of sp³-hybridized carbons (Fsp3) is 0.208. The Morgan fingerprint density at radius 1 is 1.12 bits per heavy atom. The van der Waals surface area contributed by atoms with Gasteiger partial charge in [-0.15, -0.1) is 11.3 Å². The smallest absolute Gasteiger partial charge is 0.264 e. The molecule has 1 unspecified atom stereocenters. The van der Waals surface area contributed by atoms with Crippen molar-refractivity contribution in [3.05, 3.63) is 58.5 Å². The summed E-state index contributed by atoms with van der Waals surface area (Å²) in [6, 6.07) is 10.9. The second-order valence-corrected chi connectivity index (χ2v) is 9.24. The summed E-state index contributed by atoms with van der Waals surface area (Å²) in [6.07, 6.45) is 0. The highest BCUT2D eigenvalue weighted by Gasteiger charge is 2.40. The summed E-state index contributed by atoms with van der Waals surface area (Å²) < 4.78 is 5.48. The van der Waals surface area contributed by atoms with Crippen molar-refractivity contribution < 1.29 is 23.9 Å². The lowest BCUT2D eigenvalue weighted by Gasteiger charge is -2.26. The number of ether oxygens (including phenoxy) is 1. The van der Waals surface area contributed by atoms with Crippen molar-refractivity contribution in [2.24, 2.45) is 0 Å². The Labute approximate surface area is 199 Å². The standard InChI is InChI=1S/C24H20N4O5S/c1-12(28-22(31)15-6-4-5-7-16(15)23(28)32)21(30)26-24-25-20(13(2)34-24)14-8-9-18-17(10-14)27(3)19(29)11-33-18/h4-10,12H,11H2,1-3H3,(H,25,26,30). The number of thiazole rings is 1. The van der Waals surface area contributed by atoms with Gasteiger partial charge in [0.2, 0.25) is 5.91 Å². The average Bonchev–Trinajstić information content (AvgIpc) is 3.32. The Bertz CT molecular complexity index is 1350. The second-order valence-electron chi connectivity index (χ2n) is 8.04. The minimum Gasteiger partial charge on any atom is -0.482 e. The van der Waals surface area contributed by atoms with E-state index in [9.17, 15) is 19.2 Å². The number of carbonyl (C=O) groups excluding carboxylic acids is 4. The van der Waals surface area contributed by atoms with E-state index in [-0.39, 0.29) is 12.5 Å². The van der Waals surface area contributed by atoms with Crippen LogP contribution in [-0.2, 0) is 9.59 Å². The minimum atomic E-state index is -1.01. The lowest BCUT2D eigenvalue weighted by atomic mass is 10.1. The summed E-state index contributed by atoms with van der Waals surface area (Å²) in [7, 11) is 1.69. The molecule has 2 aliphatic heterocycles. The van der Waals surface area contributed by atoms with Crippen molar-refractivity contribution in [1.29, 1.82) is 0 Å². The summed E-state index contributed by atoms with van der Waals surface area (Å²) in [5.41, 5.74) is 2.65. The van der Waals surface area contributed by atoms with Crippen LogP contribution >= 0.6 is 11.3 Å². The first kappa shape index (κ1) is 21.8. The highest BCUT2D eigenvalue weighted by atomic mass is 32.1. The Balaban J connectivity index is 1.36. The number of nitrogens with zero attached hydrogens (tertiary/aromatic N) is 3. The molecule has 9 nitrogen and oxygen atoms in total. The van der Waals surface area contributed by atoms with Gasteiger partial charge in [-0.25, -0.2) is 4.98 Å². The van der Waals surface area contributed by atoms with Gasteiger partial charge in [-0.05, 0) is 44.2 Å². The second kappa shape index (κ2) is 8.07. The zero-order valence-electron chi connectivity index (χ0n) is 18.6. The maximum absolute atomic E-state index is 12.9. The molecule has 0 bridgehead atoms. The first-order chi connectivity index (χ1) is 16.3. The number of aromatic nitrogens is 1. The van der Waals surface area contributed by atoms with E-state index in [0.717, 1.165) is 15.3 Å². The van der Waals surface area contributed by atoms with E-state index in [2.05, 4.69) is 10.3 Å². The molecule has 1 atom stereocenters. The minimum absolute atomic E-state index is 0.0000440. The van der Waals surface area contributed by atoms with Crippen molar-refractivity contribution >= 4 is 45.8 Å². The first-order valence-electron chi connectivity index (χ1n) is 10.5. The molecule has 2 aliphatic rings. The van der Waals surface area contributed by atoms with Crippen LogP contribution in [0, 0.1) is 6.92 Å². The van der Waals surface area contributed by atoms with Crippen LogP contribution in [0.4, 0.5) is 10.8 Å². The molecule has 4 amide bonds. The SMILES string of the molecule is Cc1sc(NC(=O)C(C)N2C(=O)c3ccccc3C2=O)nc1-c1ccc2c(c1)N(C)C(=O)CO2. The van der Waals surface area contributed by atoms with Crippen LogP contribution in [0.1, 0.15) is 32.5 Å². The zero-order chi connectivity index (χ0) is 24.1. The number of hydrogen-bond donors (Lipinski definition) is 1. The molecule has 0 radical (unpaired) electrons. The van der Waals surface area contributed by atoms with Crippen molar-refractivity contribution in [1.82, 2.24) is 9.88 Å². The molecule has 172 valence electrons. The fourth-order valence-electron chi connectivity index (χ4n) is 4.02. The molecule has 10 heteroatoms. The van der Waals surface area contributed by atoms with Gasteiger partial charge in [0.05, 0.1) is 22.5 Å². The predicted molar refractivity (Wildman–Crippen MR) is 126 cm³/mol. The zero-order valence-corrected chi connectivity index (χ0v) is 19.4. The van der Waals surface area contributed by atoms with Crippen molar-refractivity contribution in [3.8, 4) is 17.0 Å². The molecular weight excluding hydrogens is 456 g/mol. The topological polar surface area (TPSA) is 109 Å². The van der Waals surface area contributed by atoms with Crippen molar-refractivity contribution in [2.75, 3.05) is 23.9 Å². The van der Waals surface area contributed by atoms with Gasteiger partial charge in [0.15, 0.2) is 11.7 Å². The Morgan fingerprint density at radius 3 is 2.47 bits per heavy atom. The van der Waals surface area contributed by atoms with Gasteiger partial charge in [-0.2, -0.15) is 0 Å². The molecule has 0 aliphatic carbocycles. The van der Waals surface area contributed by atoms with E-state index in [1.54, 1.807) is 37.4 Å². The van der Waals surface area contributed by atoms with Crippen molar-refractivity contribution in [2.45, 2.75) is 19.9 Å². The average molecular weight is 477 g/mol. The molecule has 3 heterocycles. The summed E-state index contributed by atoms with van der Waals surface area (Å²) >= 11 is 1.28. The number of anilines is 2. The lowest BCUT2D eigenvalue weighted by Crippen LogP contribution is -2.45. The number of carbonyl (C=O) groups is 4. The third-order valence-electron chi connectivity index (χ3n) is 5.94. The Hall–Kier alpha value is -4.05. The van der Waals surface area contributed by atoms with Gasteiger partial charge in [-0.1, -0.05) is 12.1 Å². The predicted octanol–water partition coefficient (Wildman–Crippen LogP) is 3.10. The number of benzene rings is 2. The molecule has 5 rings (SSSR count). The molecule has 0 spiro atoms. The first-order valence-corrected chi connectivity index (χ1v) is 11.4. The molecule has 1 N–H and O–H groups in total. The quantitative estimate of drug-likeness (QED) is 0.580. The monoisotopic (exact) mass is 476 g/mol. The summed E-state index contributed by atoms with van der Waals surface area (Å²) in [5, 5.41) is 3.08. The number of hydrogen-bond acceptors (Lipinski definition) is 7. The third-order valence-corrected chi connectivity index (χ3v) is 6.82. The van der Waals surface area contributed by atoms with E-state index in [0.29, 0.717) is 33.4 Å². The van der Waals surface area contributed by atoms with E-state index < -0.39 is 23.8 Å². The summed E-state index contributed by atoms with van der Waals surface area (Å²) in [4.78, 5) is 58.2. The number of amides is 4. The normalized spacial score (nSPS) is 15.7. The van der Waals surface area contributed by atoms with E-state index in [4.69, 9.17) is 4.74 Å². The largest absolute Gasteiger partial charge is 0.482 e. The van der Waals surface area contributed by atoms with Crippen LogP contribution < -0.4 is 15.0 Å². The molecule has 0 saturated carbocycles. The number of aryl methyl sites for hydroxylation is 1. The number of imide groups is 1. The third kappa shape index (κ3) is 3.43. The highest BCUT2D eigenvalue weighted by molar-refractivity contribution is 7.16. The van der Waals surface area contributed by atoms with Gasteiger partial charge in [0.25, 0.3) is 17.7 Å². The van der Waals surface area contributed by atoms with Crippen molar-refractivity contribution in [3.63, 3.8) is 0 Å². The van der Waals surface area contributed by atoms with Gasteiger partial charge in [0, 0.05) is 17.5 Å². The molecule has 0 fully saturated rings. The number of likely N-dealkylation sites (N-methyl/N-ethyl adjacent to an activating group) is 1. The number of rotatable bonds is 4. The Kier molecular flexibility index (Phi) is 5.17. The van der Waals surface area contributed by atoms with Crippen LogP contribution in [0.2, 0.25) is 0 Å². The maximum Gasteiger partial charge on any atom is 0.264 e. The van der Waals surface area contributed by atoms with Crippen LogP contribution in [0.3, 0.4) is 0 Å². The van der Waals surface area contributed by atoms with Gasteiger partial charge >= 0.3 is 0 Å². The van der Waals surface area contributed by atoms with E-state index in [1.165, 1.54) is 23.2 Å².